The fourth-order valence-electron chi connectivity index (χ4n) is 2.46. The maximum atomic E-state index is 4.65. The summed E-state index contributed by atoms with van der Waals surface area (Å²) in [6.45, 7) is 6.33. The molecular weight excluding hydrogens is 232 g/mol. The van der Waals surface area contributed by atoms with Gasteiger partial charge in [-0.15, -0.1) is 0 Å². The zero-order chi connectivity index (χ0) is 13.8. The minimum atomic E-state index is 1.02. The number of allylic oxidation sites excluding steroid dienone is 2. The van der Waals surface area contributed by atoms with Gasteiger partial charge in [0.25, 0.3) is 0 Å². The standard InChI is InChI=1S/C17H20N2/c1-5-13-8-7-9-15-12(3)17(19-11-16(13)15)14(6-2)10-18-4/h6-11H,5H2,1-4H3/b14-6+,18-10-. The molecule has 1 heterocycles. The van der Waals surface area contributed by atoms with E-state index in [4.69, 9.17) is 0 Å². The van der Waals surface area contributed by atoms with Crippen LogP contribution in [0.5, 0.6) is 0 Å². The van der Waals surface area contributed by atoms with Crippen molar-refractivity contribution in [3.05, 3.63) is 47.3 Å². The predicted molar refractivity (Wildman–Crippen MR) is 83.9 cm³/mol. The summed E-state index contributed by atoms with van der Waals surface area (Å²) in [7, 11) is 1.79. The summed E-state index contributed by atoms with van der Waals surface area (Å²) in [4.78, 5) is 8.75. The summed E-state index contributed by atoms with van der Waals surface area (Å²) >= 11 is 0. The monoisotopic (exact) mass is 252 g/mol. The molecule has 2 heteroatoms. The molecule has 2 rings (SSSR count). The van der Waals surface area contributed by atoms with Gasteiger partial charge in [-0.3, -0.25) is 9.98 Å². The van der Waals surface area contributed by atoms with Gasteiger partial charge in [0.05, 0.1) is 5.69 Å². The van der Waals surface area contributed by atoms with Crippen molar-refractivity contribution in [1.29, 1.82) is 0 Å². The third-order valence-electron chi connectivity index (χ3n) is 3.51. The molecule has 0 amide bonds. The molecule has 19 heavy (non-hydrogen) atoms. The van der Waals surface area contributed by atoms with E-state index < -0.39 is 0 Å². The van der Waals surface area contributed by atoms with Crippen LogP contribution in [0.2, 0.25) is 0 Å². The Morgan fingerprint density at radius 3 is 2.74 bits per heavy atom. The van der Waals surface area contributed by atoms with Gasteiger partial charge in [0.1, 0.15) is 0 Å². The minimum absolute atomic E-state index is 1.02. The van der Waals surface area contributed by atoms with Gasteiger partial charge in [0, 0.05) is 30.4 Å². The zero-order valence-electron chi connectivity index (χ0n) is 12.1. The van der Waals surface area contributed by atoms with Crippen LogP contribution in [0, 0.1) is 6.92 Å². The highest BCUT2D eigenvalue weighted by Crippen LogP contribution is 2.26. The first-order valence-electron chi connectivity index (χ1n) is 6.69. The second kappa shape index (κ2) is 5.79. The van der Waals surface area contributed by atoms with Crippen molar-refractivity contribution < 1.29 is 0 Å². The predicted octanol–water partition coefficient (Wildman–Crippen LogP) is 4.21. The van der Waals surface area contributed by atoms with Crippen molar-refractivity contribution in [2.75, 3.05) is 7.05 Å². The maximum absolute atomic E-state index is 4.65. The molecule has 0 saturated heterocycles. The third-order valence-corrected chi connectivity index (χ3v) is 3.51. The van der Waals surface area contributed by atoms with Crippen LogP contribution in [-0.4, -0.2) is 18.2 Å². The molecule has 2 nitrogen and oxygen atoms in total. The highest BCUT2D eigenvalue weighted by Gasteiger charge is 2.09. The lowest BCUT2D eigenvalue weighted by atomic mass is 9.98. The molecule has 0 spiro atoms. The van der Waals surface area contributed by atoms with E-state index in [-0.39, 0.29) is 0 Å². The second-order valence-electron chi connectivity index (χ2n) is 4.60. The van der Waals surface area contributed by atoms with Gasteiger partial charge >= 0.3 is 0 Å². The molecular formula is C17H20N2. The van der Waals surface area contributed by atoms with Crippen molar-refractivity contribution in [2.45, 2.75) is 27.2 Å². The summed E-state index contributed by atoms with van der Waals surface area (Å²) in [5.74, 6) is 0. The van der Waals surface area contributed by atoms with E-state index in [9.17, 15) is 0 Å². The van der Waals surface area contributed by atoms with E-state index in [2.05, 4.69) is 48.1 Å². The average molecular weight is 252 g/mol. The zero-order valence-corrected chi connectivity index (χ0v) is 12.1. The lowest BCUT2D eigenvalue weighted by molar-refractivity contribution is 1.15. The largest absolute Gasteiger partial charge is 0.296 e. The topological polar surface area (TPSA) is 25.2 Å². The molecule has 0 fully saturated rings. The molecule has 2 aromatic rings. The fourth-order valence-corrected chi connectivity index (χ4v) is 2.46. The van der Waals surface area contributed by atoms with Gasteiger partial charge in [-0.25, -0.2) is 0 Å². The minimum Gasteiger partial charge on any atom is -0.296 e. The Kier molecular flexibility index (Phi) is 4.10. The number of fused-ring (bicyclic) bond motifs is 1. The summed E-state index contributed by atoms with van der Waals surface area (Å²) in [5.41, 5.74) is 4.67. The van der Waals surface area contributed by atoms with E-state index in [1.54, 1.807) is 7.05 Å². The Morgan fingerprint density at radius 2 is 2.11 bits per heavy atom. The maximum Gasteiger partial charge on any atom is 0.0749 e. The van der Waals surface area contributed by atoms with Crippen molar-refractivity contribution in [1.82, 2.24) is 4.98 Å². The van der Waals surface area contributed by atoms with Gasteiger partial charge < -0.3 is 0 Å². The number of aliphatic imine (C=N–C) groups is 1. The number of hydrogen-bond acceptors (Lipinski definition) is 2. The molecule has 0 radical (unpaired) electrons. The van der Waals surface area contributed by atoms with Gasteiger partial charge in [0.2, 0.25) is 0 Å². The molecule has 0 atom stereocenters. The first-order chi connectivity index (χ1) is 9.22. The lowest BCUT2D eigenvalue weighted by Gasteiger charge is -2.11. The molecule has 0 unspecified atom stereocenters. The van der Waals surface area contributed by atoms with Crippen molar-refractivity contribution in [3.8, 4) is 0 Å². The number of nitrogens with zero attached hydrogens (tertiary/aromatic N) is 2. The van der Waals surface area contributed by atoms with E-state index >= 15 is 0 Å². The van der Waals surface area contributed by atoms with Crippen LogP contribution in [0.3, 0.4) is 0 Å². The van der Waals surface area contributed by atoms with E-state index in [1.807, 2.05) is 19.3 Å². The Labute approximate surface area is 114 Å². The molecule has 1 aromatic heterocycles. The summed E-state index contributed by atoms with van der Waals surface area (Å²) < 4.78 is 0. The average Bonchev–Trinajstić information content (AvgIpc) is 2.45. The molecule has 0 bridgehead atoms. The molecule has 0 N–H and O–H groups in total. The third kappa shape index (κ3) is 2.43. The van der Waals surface area contributed by atoms with Crippen LogP contribution in [0.25, 0.3) is 16.3 Å². The lowest BCUT2D eigenvalue weighted by Crippen LogP contribution is -1.97. The Hall–Kier alpha value is -1.96. The number of rotatable bonds is 3. The quantitative estimate of drug-likeness (QED) is 0.751. The Bertz CT molecular complexity index is 652. The fraction of sp³-hybridized carbons (Fsp3) is 0.294. The summed E-state index contributed by atoms with van der Waals surface area (Å²) in [6, 6.07) is 6.47. The molecule has 98 valence electrons. The van der Waals surface area contributed by atoms with Gasteiger partial charge in [0.15, 0.2) is 0 Å². The summed E-state index contributed by atoms with van der Waals surface area (Å²) in [6.07, 6.45) is 6.94. The van der Waals surface area contributed by atoms with Crippen LogP contribution in [-0.2, 0) is 6.42 Å². The first-order valence-corrected chi connectivity index (χ1v) is 6.69. The molecule has 1 aromatic carbocycles. The van der Waals surface area contributed by atoms with Crippen LogP contribution in [0.1, 0.15) is 30.7 Å². The van der Waals surface area contributed by atoms with E-state index in [0.29, 0.717) is 0 Å². The highest BCUT2D eigenvalue weighted by atomic mass is 14.7. The van der Waals surface area contributed by atoms with Crippen LogP contribution in [0.15, 0.2) is 35.5 Å². The normalized spacial score (nSPS) is 12.5. The van der Waals surface area contributed by atoms with Crippen molar-refractivity contribution >= 4 is 22.6 Å². The number of hydrogen-bond donors (Lipinski definition) is 0. The molecule has 0 aliphatic carbocycles. The van der Waals surface area contributed by atoms with Gasteiger partial charge in [-0.2, -0.15) is 0 Å². The second-order valence-corrected chi connectivity index (χ2v) is 4.60. The van der Waals surface area contributed by atoms with E-state index in [0.717, 1.165) is 17.7 Å². The SMILES string of the molecule is C/C=C(\C=N/C)c1ncc2c(CC)cccc2c1C. The number of aromatic nitrogens is 1. The molecule has 0 aliphatic heterocycles. The molecule has 0 aliphatic rings. The van der Waals surface area contributed by atoms with Crippen LogP contribution in [0.4, 0.5) is 0 Å². The molecule has 0 saturated carbocycles. The van der Waals surface area contributed by atoms with Crippen molar-refractivity contribution in [3.63, 3.8) is 0 Å². The van der Waals surface area contributed by atoms with Gasteiger partial charge in [-0.05, 0) is 36.8 Å². The smallest absolute Gasteiger partial charge is 0.0749 e. The number of aryl methyl sites for hydroxylation is 2. The van der Waals surface area contributed by atoms with Crippen LogP contribution < -0.4 is 0 Å². The van der Waals surface area contributed by atoms with Crippen molar-refractivity contribution in [2.24, 2.45) is 4.99 Å². The number of benzene rings is 1. The van der Waals surface area contributed by atoms with Gasteiger partial charge in [-0.1, -0.05) is 31.2 Å². The highest BCUT2D eigenvalue weighted by molar-refractivity contribution is 6.10. The van der Waals surface area contributed by atoms with E-state index in [1.165, 1.54) is 21.9 Å². The Balaban J connectivity index is 2.71. The Morgan fingerprint density at radius 1 is 1.32 bits per heavy atom. The first kappa shape index (κ1) is 13.5. The van der Waals surface area contributed by atoms with Crippen LogP contribution >= 0.6 is 0 Å². The summed E-state index contributed by atoms with van der Waals surface area (Å²) in [5, 5.41) is 2.54. The number of pyridine rings is 1.